The fourth-order valence-electron chi connectivity index (χ4n) is 2.82. The second-order valence-corrected chi connectivity index (χ2v) is 6.54. The number of furan rings is 1. The number of carbonyl (C=O) groups excluding carboxylic acids is 1. The van der Waals surface area contributed by atoms with E-state index < -0.39 is 0 Å². The van der Waals surface area contributed by atoms with E-state index in [1.807, 2.05) is 65.6 Å². The van der Waals surface area contributed by atoms with E-state index in [1.54, 1.807) is 12.3 Å². The monoisotopic (exact) mass is 389 g/mol. The molecule has 0 saturated heterocycles. The van der Waals surface area contributed by atoms with Crippen molar-refractivity contribution in [2.45, 2.75) is 19.6 Å². The van der Waals surface area contributed by atoms with Gasteiger partial charge in [-0.2, -0.15) is 5.26 Å². The van der Waals surface area contributed by atoms with Crippen LogP contribution in [0.3, 0.4) is 0 Å². The highest BCUT2D eigenvalue weighted by Crippen LogP contribution is 2.17. The molecule has 1 amide bonds. The summed E-state index contributed by atoms with van der Waals surface area (Å²) in [6.07, 6.45) is 1.95. The van der Waals surface area contributed by atoms with Gasteiger partial charge in [0.15, 0.2) is 0 Å². The Kier molecular flexibility index (Phi) is 7.44. The van der Waals surface area contributed by atoms with Crippen LogP contribution in [0, 0.1) is 11.3 Å². The van der Waals surface area contributed by atoms with Crippen molar-refractivity contribution >= 4 is 11.6 Å². The summed E-state index contributed by atoms with van der Waals surface area (Å²) in [5, 5.41) is 11.7. The smallest absolute Gasteiger partial charge is 0.238 e. The Morgan fingerprint density at radius 1 is 1.07 bits per heavy atom. The molecule has 2 aromatic carbocycles. The maximum absolute atomic E-state index is 12.4. The van der Waals surface area contributed by atoms with E-state index >= 15 is 0 Å². The Hall–Kier alpha value is -3.56. The zero-order valence-electron chi connectivity index (χ0n) is 16.1. The van der Waals surface area contributed by atoms with Crippen molar-refractivity contribution in [3.05, 3.63) is 84.3 Å². The normalized spacial score (nSPS) is 10.5. The van der Waals surface area contributed by atoms with Crippen LogP contribution >= 0.6 is 0 Å². The predicted octanol–water partition coefficient (Wildman–Crippen LogP) is 4.21. The fraction of sp³-hybridized carbons (Fsp3) is 0.217. The molecule has 0 fully saturated rings. The van der Waals surface area contributed by atoms with Crippen LogP contribution in [0.1, 0.15) is 17.7 Å². The van der Waals surface area contributed by atoms with Gasteiger partial charge in [0.25, 0.3) is 0 Å². The number of rotatable bonds is 10. The molecule has 29 heavy (non-hydrogen) atoms. The lowest BCUT2D eigenvalue weighted by molar-refractivity contribution is -0.117. The fourth-order valence-corrected chi connectivity index (χ4v) is 2.82. The van der Waals surface area contributed by atoms with E-state index in [-0.39, 0.29) is 12.5 Å². The summed E-state index contributed by atoms with van der Waals surface area (Å²) < 4.78 is 11.1. The van der Waals surface area contributed by atoms with Gasteiger partial charge >= 0.3 is 0 Å². The molecular weight excluding hydrogens is 366 g/mol. The van der Waals surface area contributed by atoms with Crippen molar-refractivity contribution in [2.24, 2.45) is 0 Å². The zero-order valence-corrected chi connectivity index (χ0v) is 16.1. The highest BCUT2D eigenvalue weighted by atomic mass is 16.5. The SMILES string of the molecule is N#CCCN(CC(=O)Nc1ccc(OCc2ccccc2)cc1)Cc1ccco1. The Morgan fingerprint density at radius 2 is 1.86 bits per heavy atom. The Morgan fingerprint density at radius 3 is 2.55 bits per heavy atom. The molecule has 0 aliphatic rings. The van der Waals surface area contributed by atoms with Crippen molar-refractivity contribution in [1.29, 1.82) is 5.26 Å². The minimum absolute atomic E-state index is 0.146. The van der Waals surface area contributed by atoms with Gasteiger partial charge in [0.2, 0.25) is 5.91 Å². The number of nitrogens with one attached hydrogen (secondary N) is 1. The number of benzene rings is 2. The van der Waals surface area contributed by atoms with Crippen LogP contribution in [0.25, 0.3) is 0 Å². The average Bonchev–Trinajstić information content (AvgIpc) is 3.25. The number of nitriles is 1. The molecule has 0 bridgehead atoms. The third-order valence-electron chi connectivity index (χ3n) is 4.25. The summed E-state index contributed by atoms with van der Waals surface area (Å²) >= 11 is 0. The van der Waals surface area contributed by atoms with Gasteiger partial charge in [-0.1, -0.05) is 30.3 Å². The van der Waals surface area contributed by atoms with E-state index in [0.29, 0.717) is 31.8 Å². The lowest BCUT2D eigenvalue weighted by Gasteiger charge is -2.19. The van der Waals surface area contributed by atoms with Gasteiger partial charge < -0.3 is 14.5 Å². The molecule has 0 unspecified atom stereocenters. The molecule has 0 aliphatic carbocycles. The Bertz CT molecular complexity index is 916. The van der Waals surface area contributed by atoms with Gasteiger partial charge in [-0.05, 0) is 42.0 Å². The molecule has 1 N–H and O–H groups in total. The maximum atomic E-state index is 12.4. The molecule has 0 saturated carbocycles. The molecule has 148 valence electrons. The average molecular weight is 389 g/mol. The molecule has 0 spiro atoms. The number of carbonyl (C=O) groups is 1. The van der Waals surface area contributed by atoms with Gasteiger partial charge in [0.05, 0.1) is 25.4 Å². The highest BCUT2D eigenvalue weighted by Gasteiger charge is 2.13. The summed E-state index contributed by atoms with van der Waals surface area (Å²) in [7, 11) is 0. The molecule has 0 atom stereocenters. The van der Waals surface area contributed by atoms with Crippen LogP contribution in [0.2, 0.25) is 0 Å². The van der Waals surface area contributed by atoms with E-state index in [1.165, 1.54) is 0 Å². The van der Waals surface area contributed by atoms with Crippen molar-refractivity contribution in [3.8, 4) is 11.8 Å². The van der Waals surface area contributed by atoms with E-state index in [2.05, 4.69) is 11.4 Å². The van der Waals surface area contributed by atoms with E-state index in [9.17, 15) is 4.79 Å². The standard InChI is InChI=1S/C23H23N3O3/c24-13-5-14-26(16-22-8-4-15-28-22)17-23(27)25-20-9-11-21(12-10-20)29-18-19-6-2-1-3-7-19/h1-4,6-12,15H,5,14,16-18H2,(H,25,27). The van der Waals surface area contributed by atoms with Crippen LogP contribution in [0.4, 0.5) is 5.69 Å². The molecule has 0 aliphatic heterocycles. The third-order valence-corrected chi connectivity index (χ3v) is 4.25. The molecule has 6 heteroatoms. The first-order valence-electron chi connectivity index (χ1n) is 9.41. The number of hydrogen-bond donors (Lipinski definition) is 1. The van der Waals surface area contributed by atoms with Crippen LogP contribution in [0.5, 0.6) is 5.75 Å². The number of ether oxygens (including phenoxy) is 1. The lowest BCUT2D eigenvalue weighted by Crippen LogP contribution is -2.33. The second-order valence-electron chi connectivity index (χ2n) is 6.54. The van der Waals surface area contributed by atoms with Gasteiger partial charge in [0.1, 0.15) is 18.1 Å². The van der Waals surface area contributed by atoms with Crippen molar-refractivity contribution in [3.63, 3.8) is 0 Å². The maximum Gasteiger partial charge on any atom is 0.238 e. The molecule has 1 aromatic heterocycles. The molecule has 3 rings (SSSR count). The minimum Gasteiger partial charge on any atom is -0.489 e. The number of hydrogen-bond acceptors (Lipinski definition) is 5. The van der Waals surface area contributed by atoms with Gasteiger partial charge in [-0.15, -0.1) is 0 Å². The Labute approximate surface area is 170 Å². The molecule has 1 heterocycles. The summed E-state index contributed by atoms with van der Waals surface area (Å²) in [5.74, 6) is 1.35. The number of anilines is 1. The van der Waals surface area contributed by atoms with Gasteiger partial charge in [-0.25, -0.2) is 0 Å². The number of amides is 1. The van der Waals surface area contributed by atoms with Crippen molar-refractivity contribution < 1.29 is 13.9 Å². The summed E-state index contributed by atoms with van der Waals surface area (Å²) in [4.78, 5) is 14.3. The quantitative estimate of drug-likeness (QED) is 0.562. The molecular formula is C23H23N3O3. The number of nitrogens with zero attached hydrogens (tertiary/aromatic N) is 2. The lowest BCUT2D eigenvalue weighted by atomic mass is 10.2. The first-order valence-corrected chi connectivity index (χ1v) is 9.41. The molecule has 3 aromatic rings. The highest BCUT2D eigenvalue weighted by molar-refractivity contribution is 5.92. The van der Waals surface area contributed by atoms with Gasteiger partial charge in [-0.3, -0.25) is 9.69 Å². The van der Waals surface area contributed by atoms with Crippen LogP contribution in [0.15, 0.2) is 77.4 Å². The van der Waals surface area contributed by atoms with E-state index in [4.69, 9.17) is 14.4 Å². The summed E-state index contributed by atoms with van der Waals surface area (Å²) in [5.41, 5.74) is 1.79. The summed E-state index contributed by atoms with van der Waals surface area (Å²) in [6, 6.07) is 23.0. The van der Waals surface area contributed by atoms with Crippen LogP contribution in [-0.4, -0.2) is 23.9 Å². The Balaban J connectivity index is 1.50. The summed E-state index contributed by atoms with van der Waals surface area (Å²) in [6.45, 7) is 1.65. The van der Waals surface area contributed by atoms with Crippen molar-refractivity contribution in [1.82, 2.24) is 4.90 Å². The molecule has 0 radical (unpaired) electrons. The van der Waals surface area contributed by atoms with Crippen LogP contribution in [-0.2, 0) is 17.9 Å². The van der Waals surface area contributed by atoms with Crippen molar-refractivity contribution in [2.75, 3.05) is 18.4 Å². The first-order chi connectivity index (χ1) is 14.2. The largest absolute Gasteiger partial charge is 0.489 e. The van der Waals surface area contributed by atoms with Gasteiger partial charge in [0, 0.05) is 18.7 Å². The van der Waals surface area contributed by atoms with Crippen LogP contribution < -0.4 is 10.1 Å². The minimum atomic E-state index is -0.146. The first kappa shape index (κ1) is 20.2. The predicted molar refractivity (Wildman–Crippen MR) is 110 cm³/mol. The van der Waals surface area contributed by atoms with E-state index in [0.717, 1.165) is 17.1 Å². The topological polar surface area (TPSA) is 78.5 Å². The zero-order chi connectivity index (χ0) is 20.3. The molecule has 6 nitrogen and oxygen atoms in total. The third kappa shape index (κ3) is 6.83. The second kappa shape index (κ2) is 10.7.